The highest BCUT2D eigenvalue weighted by atomic mass is 79.9. The monoisotopic (exact) mass is 223 g/mol. The van der Waals surface area contributed by atoms with Crippen LogP contribution in [0.4, 0.5) is 0 Å². The highest BCUT2D eigenvalue weighted by Gasteiger charge is 1.99. The molecule has 0 aromatic heterocycles. The third-order valence-electron chi connectivity index (χ3n) is 1.80. The van der Waals surface area contributed by atoms with Gasteiger partial charge in [0, 0.05) is 4.47 Å². The molecule has 0 unspecified atom stereocenters. The Hall–Kier alpha value is -0.810. The molecule has 0 spiro atoms. The zero-order chi connectivity index (χ0) is 8.97. The lowest BCUT2D eigenvalue weighted by atomic mass is 10.1. The smallest absolute Gasteiger partial charge is 0.0670 e. The molecule has 12 heavy (non-hydrogen) atoms. The number of rotatable bonds is 2. The van der Waals surface area contributed by atoms with Crippen LogP contribution in [0.1, 0.15) is 18.1 Å². The molecule has 0 saturated heterocycles. The van der Waals surface area contributed by atoms with Crippen LogP contribution in [-0.2, 0) is 12.8 Å². The zero-order valence-corrected chi connectivity index (χ0v) is 8.56. The number of aryl methyl sites for hydroxylation is 1. The highest BCUT2D eigenvalue weighted by Crippen LogP contribution is 2.19. The topological polar surface area (TPSA) is 23.8 Å². The first-order valence-electron chi connectivity index (χ1n) is 3.92. The van der Waals surface area contributed by atoms with Crippen LogP contribution >= 0.6 is 15.9 Å². The molecule has 1 rings (SSSR count). The van der Waals surface area contributed by atoms with E-state index in [9.17, 15) is 0 Å². The molecule has 0 saturated carbocycles. The Balaban J connectivity index is 2.97. The molecule has 2 heteroatoms. The summed E-state index contributed by atoms with van der Waals surface area (Å²) in [4.78, 5) is 0. The van der Waals surface area contributed by atoms with Crippen molar-refractivity contribution in [3.8, 4) is 6.07 Å². The normalized spacial score (nSPS) is 9.42. The maximum absolute atomic E-state index is 8.50. The van der Waals surface area contributed by atoms with Gasteiger partial charge in [-0.25, -0.2) is 0 Å². The minimum Gasteiger partial charge on any atom is -0.198 e. The van der Waals surface area contributed by atoms with E-state index in [2.05, 4.69) is 41.1 Å². The van der Waals surface area contributed by atoms with Crippen molar-refractivity contribution >= 4 is 15.9 Å². The van der Waals surface area contributed by atoms with Gasteiger partial charge in [-0.1, -0.05) is 35.0 Å². The third-order valence-corrected chi connectivity index (χ3v) is 2.53. The van der Waals surface area contributed by atoms with Gasteiger partial charge >= 0.3 is 0 Å². The predicted molar refractivity (Wildman–Crippen MR) is 52.8 cm³/mol. The molecule has 1 aromatic rings. The number of hydrogen-bond acceptors (Lipinski definition) is 1. The van der Waals surface area contributed by atoms with E-state index in [-0.39, 0.29) is 0 Å². The van der Waals surface area contributed by atoms with Crippen LogP contribution < -0.4 is 0 Å². The standard InChI is InChI=1S/C10H10BrN/c1-2-8-3-4-9(5-6-12)10(11)7-8/h3-4,7H,2,5H2,1H3. The highest BCUT2D eigenvalue weighted by molar-refractivity contribution is 9.10. The van der Waals surface area contributed by atoms with Crippen molar-refractivity contribution in [1.29, 1.82) is 5.26 Å². The second-order valence-corrected chi connectivity index (χ2v) is 3.47. The number of hydrogen-bond donors (Lipinski definition) is 0. The van der Waals surface area contributed by atoms with Gasteiger partial charge in [-0.05, 0) is 23.6 Å². The zero-order valence-electron chi connectivity index (χ0n) is 6.97. The molecule has 0 fully saturated rings. The fraction of sp³-hybridized carbons (Fsp3) is 0.300. The van der Waals surface area contributed by atoms with Gasteiger partial charge in [0.1, 0.15) is 0 Å². The summed E-state index contributed by atoms with van der Waals surface area (Å²) in [7, 11) is 0. The van der Waals surface area contributed by atoms with Gasteiger partial charge in [0.05, 0.1) is 12.5 Å². The van der Waals surface area contributed by atoms with E-state index in [0.717, 1.165) is 16.5 Å². The summed E-state index contributed by atoms with van der Waals surface area (Å²) in [6.07, 6.45) is 1.51. The van der Waals surface area contributed by atoms with E-state index < -0.39 is 0 Å². The van der Waals surface area contributed by atoms with Gasteiger partial charge in [0.25, 0.3) is 0 Å². The molecule has 0 aliphatic carbocycles. The molecule has 0 aliphatic rings. The Morgan fingerprint density at radius 1 is 1.50 bits per heavy atom. The van der Waals surface area contributed by atoms with Crippen LogP contribution in [0.15, 0.2) is 22.7 Å². The van der Waals surface area contributed by atoms with E-state index in [0.29, 0.717) is 6.42 Å². The minimum absolute atomic E-state index is 0.477. The van der Waals surface area contributed by atoms with E-state index in [1.165, 1.54) is 5.56 Å². The average molecular weight is 224 g/mol. The van der Waals surface area contributed by atoms with E-state index in [1.54, 1.807) is 0 Å². The summed E-state index contributed by atoms with van der Waals surface area (Å²) in [5.74, 6) is 0. The first-order chi connectivity index (χ1) is 5.77. The summed E-state index contributed by atoms with van der Waals surface area (Å²) >= 11 is 3.44. The van der Waals surface area contributed by atoms with Crippen LogP contribution in [-0.4, -0.2) is 0 Å². The Morgan fingerprint density at radius 3 is 2.75 bits per heavy atom. The van der Waals surface area contributed by atoms with E-state index in [4.69, 9.17) is 5.26 Å². The van der Waals surface area contributed by atoms with Crippen molar-refractivity contribution in [3.05, 3.63) is 33.8 Å². The van der Waals surface area contributed by atoms with Crippen LogP contribution in [0.2, 0.25) is 0 Å². The Labute approximate surface area is 81.2 Å². The minimum atomic E-state index is 0.477. The van der Waals surface area contributed by atoms with Crippen LogP contribution in [0, 0.1) is 11.3 Å². The van der Waals surface area contributed by atoms with Gasteiger partial charge < -0.3 is 0 Å². The van der Waals surface area contributed by atoms with Crippen molar-refractivity contribution in [3.63, 3.8) is 0 Å². The van der Waals surface area contributed by atoms with Crippen LogP contribution in [0.3, 0.4) is 0 Å². The molecule has 0 bridgehead atoms. The van der Waals surface area contributed by atoms with Crippen molar-refractivity contribution < 1.29 is 0 Å². The lowest BCUT2D eigenvalue weighted by molar-refractivity contribution is 1.12. The van der Waals surface area contributed by atoms with Gasteiger partial charge in [0.15, 0.2) is 0 Å². The second kappa shape index (κ2) is 4.27. The van der Waals surface area contributed by atoms with E-state index in [1.807, 2.05) is 6.07 Å². The Kier molecular flexibility index (Phi) is 3.31. The van der Waals surface area contributed by atoms with Gasteiger partial charge in [-0.3, -0.25) is 0 Å². The molecular weight excluding hydrogens is 214 g/mol. The molecule has 0 radical (unpaired) electrons. The number of benzene rings is 1. The maximum atomic E-state index is 8.50. The summed E-state index contributed by atoms with van der Waals surface area (Å²) < 4.78 is 1.04. The largest absolute Gasteiger partial charge is 0.198 e. The van der Waals surface area contributed by atoms with Crippen molar-refractivity contribution in [2.45, 2.75) is 19.8 Å². The molecule has 62 valence electrons. The SMILES string of the molecule is CCc1ccc(CC#N)c(Br)c1. The third kappa shape index (κ3) is 2.09. The summed E-state index contributed by atoms with van der Waals surface area (Å²) in [6.45, 7) is 2.12. The molecule has 0 N–H and O–H groups in total. The number of halogens is 1. The van der Waals surface area contributed by atoms with E-state index >= 15 is 0 Å². The van der Waals surface area contributed by atoms with Crippen LogP contribution in [0.5, 0.6) is 0 Å². The fourth-order valence-electron chi connectivity index (χ4n) is 1.04. The summed E-state index contributed by atoms with van der Waals surface area (Å²) in [6, 6.07) is 8.28. The first-order valence-corrected chi connectivity index (χ1v) is 4.71. The molecular formula is C10H10BrN. The number of nitrogens with zero attached hydrogens (tertiary/aromatic N) is 1. The Bertz CT molecular complexity index is 312. The van der Waals surface area contributed by atoms with Crippen molar-refractivity contribution in [2.24, 2.45) is 0 Å². The first kappa shape index (κ1) is 9.28. The van der Waals surface area contributed by atoms with Gasteiger partial charge in [-0.15, -0.1) is 0 Å². The fourth-order valence-corrected chi connectivity index (χ4v) is 1.61. The molecule has 1 aromatic carbocycles. The molecule has 0 aliphatic heterocycles. The van der Waals surface area contributed by atoms with Crippen LogP contribution in [0.25, 0.3) is 0 Å². The predicted octanol–water partition coefficient (Wildman–Crippen LogP) is 3.08. The Morgan fingerprint density at radius 2 is 2.25 bits per heavy atom. The summed E-state index contributed by atoms with van der Waals surface area (Å²) in [5, 5.41) is 8.50. The quantitative estimate of drug-likeness (QED) is 0.757. The maximum Gasteiger partial charge on any atom is 0.0670 e. The lowest BCUT2D eigenvalue weighted by Gasteiger charge is -2.01. The van der Waals surface area contributed by atoms with Crippen molar-refractivity contribution in [2.75, 3.05) is 0 Å². The van der Waals surface area contributed by atoms with Gasteiger partial charge in [0.2, 0.25) is 0 Å². The number of nitriles is 1. The van der Waals surface area contributed by atoms with Crippen molar-refractivity contribution in [1.82, 2.24) is 0 Å². The molecule has 0 atom stereocenters. The summed E-state index contributed by atoms with van der Waals surface area (Å²) in [5.41, 5.74) is 2.36. The average Bonchev–Trinajstić information content (AvgIpc) is 2.09. The molecule has 0 heterocycles. The second-order valence-electron chi connectivity index (χ2n) is 2.61. The molecule has 0 amide bonds. The van der Waals surface area contributed by atoms with Gasteiger partial charge in [-0.2, -0.15) is 5.26 Å². The lowest BCUT2D eigenvalue weighted by Crippen LogP contribution is -1.86. The molecule has 1 nitrogen and oxygen atoms in total.